The van der Waals surface area contributed by atoms with Crippen LogP contribution < -0.4 is 19.5 Å². The van der Waals surface area contributed by atoms with Crippen molar-refractivity contribution in [2.45, 2.75) is 31.0 Å². The van der Waals surface area contributed by atoms with Gasteiger partial charge in [0.25, 0.3) is 0 Å². The van der Waals surface area contributed by atoms with Gasteiger partial charge in [-0.2, -0.15) is 0 Å². The summed E-state index contributed by atoms with van der Waals surface area (Å²) < 4.78 is 72.1. The number of carbonyl (C=O) groups is 1. The van der Waals surface area contributed by atoms with E-state index in [0.29, 0.717) is 13.0 Å². The van der Waals surface area contributed by atoms with E-state index in [0.717, 1.165) is 41.1 Å². The maximum Gasteiger partial charge on any atom is 0.573 e. The van der Waals surface area contributed by atoms with Crippen LogP contribution in [0.25, 0.3) is 0 Å². The van der Waals surface area contributed by atoms with Gasteiger partial charge in [0.05, 0.1) is 12.0 Å². The summed E-state index contributed by atoms with van der Waals surface area (Å²) in [6, 6.07) is 9.50. The molecule has 0 unspecified atom stereocenters. The molecule has 0 aliphatic heterocycles. The Morgan fingerprint density at radius 2 is 1.74 bits per heavy atom. The summed E-state index contributed by atoms with van der Waals surface area (Å²) in [6.45, 7) is 2.14. The first-order valence-electron chi connectivity index (χ1n) is 9.26. The van der Waals surface area contributed by atoms with Crippen molar-refractivity contribution < 1.29 is 35.9 Å². The molecule has 2 N–H and O–H groups in total. The van der Waals surface area contributed by atoms with Gasteiger partial charge in [-0.05, 0) is 49.2 Å². The number of hydrogen-bond donors (Lipinski definition) is 2. The van der Waals surface area contributed by atoms with E-state index < -0.39 is 22.1 Å². The van der Waals surface area contributed by atoms with Gasteiger partial charge in [-0.1, -0.05) is 17.7 Å². The number of halogens is 3. The highest BCUT2D eigenvalue weighted by Crippen LogP contribution is 2.24. The summed E-state index contributed by atoms with van der Waals surface area (Å²) in [5, 5.41) is 2.70. The molecule has 0 spiro atoms. The maximum absolute atomic E-state index is 12.2. The van der Waals surface area contributed by atoms with Crippen molar-refractivity contribution in [2.75, 3.05) is 20.2 Å². The second-order valence-electron chi connectivity index (χ2n) is 6.58. The van der Waals surface area contributed by atoms with Gasteiger partial charge < -0.3 is 14.8 Å². The number of methoxy groups -OCH3 is 1. The molecule has 0 fully saturated rings. The summed E-state index contributed by atoms with van der Waals surface area (Å²) in [5.41, 5.74) is 2.01. The normalized spacial score (nSPS) is 11.8. The van der Waals surface area contributed by atoms with E-state index in [1.807, 2.05) is 25.1 Å². The zero-order valence-corrected chi connectivity index (χ0v) is 17.8. The number of rotatable bonds is 10. The Labute approximate surface area is 178 Å². The first-order chi connectivity index (χ1) is 14.5. The van der Waals surface area contributed by atoms with E-state index in [1.54, 1.807) is 7.11 Å². The van der Waals surface area contributed by atoms with Crippen LogP contribution in [0, 0.1) is 6.92 Å². The van der Waals surface area contributed by atoms with Crippen molar-refractivity contribution in [1.82, 2.24) is 10.0 Å². The predicted molar refractivity (Wildman–Crippen MR) is 107 cm³/mol. The molecule has 1 amide bonds. The van der Waals surface area contributed by atoms with Crippen molar-refractivity contribution in [3.8, 4) is 11.5 Å². The Morgan fingerprint density at radius 3 is 2.35 bits per heavy atom. The van der Waals surface area contributed by atoms with Crippen molar-refractivity contribution in [3.63, 3.8) is 0 Å². The summed E-state index contributed by atoms with van der Waals surface area (Å²) >= 11 is 0. The lowest BCUT2D eigenvalue weighted by atomic mass is 10.1. The zero-order valence-electron chi connectivity index (χ0n) is 17.0. The van der Waals surface area contributed by atoms with E-state index in [9.17, 15) is 26.4 Å². The van der Waals surface area contributed by atoms with Crippen LogP contribution in [-0.2, 0) is 21.2 Å². The number of hydrogen-bond acceptors (Lipinski definition) is 5. The average Bonchev–Trinajstić information content (AvgIpc) is 2.67. The number of aryl methyl sites for hydroxylation is 1. The second kappa shape index (κ2) is 10.5. The van der Waals surface area contributed by atoms with Crippen LogP contribution in [0.4, 0.5) is 13.2 Å². The lowest BCUT2D eigenvalue weighted by molar-refractivity contribution is -0.274. The SMILES string of the molecule is COc1ccc(C)cc1CCNC(=O)CCNS(=O)(=O)c1ccc(OC(F)(F)F)cc1. The van der Waals surface area contributed by atoms with Gasteiger partial charge in [0, 0.05) is 19.5 Å². The van der Waals surface area contributed by atoms with Crippen LogP contribution in [0.3, 0.4) is 0 Å². The highest BCUT2D eigenvalue weighted by molar-refractivity contribution is 7.89. The molecule has 0 atom stereocenters. The quantitative estimate of drug-likeness (QED) is 0.569. The third kappa shape index (κ3) is 8.10. The Kier molecular flexibility index (Phi) is 8.28. The molecule has 2 aromatic rings. The highest BCUT2D eigenvalue weighted by atomic mass is 32.2. The maximum atomic E-state index is 12.2. The Morgan fingerprint density at radius 1 is 1.06 bits per heavy atom. The van der Waals surface area contributed by atoms with Gasteiger partial charge in [-0.15, -0.1) is 13.2 Å². The first-order valence-corrected chi connectivity index (χ1v) is 10.7. The molecule has 0 bridgehead atoms. The molecule has 170 valence electrons. The smallest absolute Gasteiger partial charge is 0.496 e. The molecule has 11 heteroatoms. The largest absolute Gasteiger partial charge is 0.573 e. The van der Waals surface area contributed by atoms with Crippen LogP contribution in [0.15, 0.2) is 47.4 Å². The van der Waals surface area contributed by atoms with Crippen molar-refractivity contribution in [3.05, 3.63) is 53.6 Å². The highest BCUT2D eigenvalue weighted by Gasteiger charge is 2.31. The number of benzene rings is 2. The Balaban J connectivity index is 1.79. The number of sulfonamides is 1. The van der Waals surface area contributed by atoms with Crippen LogP contribution in [0.5, 0.6) is 11.5 Å². The minimum Gasteiger partial charge on any atom is -0.496 e. The Hall–Kier alpha value is -2.79. The number of nitrogens with one attached hydrogen (secondary N) is 2. The molecule has 0 aliphatic rings. The molecule has 0 aliphatic carbocycles. The predicted octanol–water partition coefficient (Wildman–Crippen LogP) is 2.93. The van der Waals surface area contributed by atoms with Gasteiger partial charge in [-0.25, -0.2) is 13.1 Å². The fourth-order valence-corrected chi connectivity index (χ4v) is 3.76. The van der Waals surface area contributed by atoms with Crippen LogP contribution in [0.2, 0.25) is 0 Å². The summed E-state index contributed by atoms with van der Waals surface area (Å²) in [7, 11) is -2.41. The third-order valence-corrected chi connectivity index (χ3v) is 5.64. The fraction of sp³-hybridized carbons (Fsp3) is 0.350. The molecule has 2 aromatic carbocycles. The van der Waals surface area contributed by atoms with Crippen LogP contribution >= 0.6 is 0 Å². The molecule has 7 nitrogen and oxygen atoms in total. The summed E-state index contributed by atoms with van der Waals surface area (Å²) in [4.78, 5) is 11.7. The van der Waals surface area contributed by atoms with Gasteiger partial charge in [0.2, 0.25) is 15.9 Å². The van der Waals surface area contributed by atoms with Crippen LogP contribution in [0.1, 0.15) is 17.5 Å². The van der Waals surface area contributed by atoms with Gasteiger partial charge in [-0.3, -0.25) is 4.79 Å². The number of amides is 1. The topological polar surface area (TPSA) is 93.7 Å². The molecular weight excluding hydrogens is 437 g/mol. The zero-order chi connectivity index (χ0) is 23.1. The molecular formula is C20H23F3N2O5S. The van der Waals surface area contributed by atoms with Crippen molar-refractivity contribution in [2.24, 2.45) is 0 Å². The van der Waals surface area contributed by atoms with Gasteiger partial charge in [0.1, 0.15) is 11.5 Å². The minimum absolute atomic E-state index is 0.0978. The van der Waals surface area contributed by atoms with Gasteiger partial charge in [0.15, 0.2) is 0 Å². The van der Waals surface area contributed by atoms with E-state index in [1.165, 1.54) is 0 Å². The third-order valence-electron chi connectivity index (χ3n) is 4.16. The standard InChI is InChI=1S/C20H23F3N2O5S/c1-14-3-8-18(29-2)15(13-14)9-11-24-19(26)10-12-25-31(27,28)17-6-4-16(5-7-17)30-20(21,22)23/h3-8,13,25H,9-12H2,1-2H3,(H,24,26). The second-order valence-corrected chi connectivity index (χ2v) is 8.35. The summed E-state index contributed by atoms with van der Waals surface area (Å²) in [6.07, 6.45) is -4.41. The van der Waals surface area contributed by atoms with E-state index in [2.05, 4.69) is 14.8 Å². The Bertz CT molecular complexity index is 993. The number of carbonyl (C=O) groups excluding carboxylic acids is 1. The first kappa shape index (κ1) is 24.5. The molecule has 0 saturated carbocycles. The molecule has 0 heterocycles. The molecule has 31 heavy (non-hydrogen) atoms. The summed E-state index contributed by atoms with van der Waals surface area (Å²) in [5.74, 6) is -0.154. The lowest BCUT2D eigenvalue weighted by Crippen LogP contribution is -2.31. The lowest BCUT2D eigenvalue weighted by Gasteiger charge is -2.11. The number of ether oxygens (including phenoxy) is 2. The molecule has 0 radical (unpaired) electrons. The van der Waals surface area contributed by atoms with Crippen LogP contribution in [-0.4, -0.2) is 40.9 Å². The van der Waals surface area contributed by atoms with E-state index in [-0.39, 0.29) is 23.8 Å². The molecule has 0 aromatic heterocycles. The van der Waals surface area contributed by atoms with Crippen molar-refractivity contribution >= 4 is 15.9 Å². The molecule has 0 saturated heterocycles. The van der Waals surface area contributed by atoms with Crippen molar-refractivity contribution in [1.29, 1.82) is 0 Å². The monoisotopic (exact) mass is 460 g/mol. The van der Waals surface area contributed by atoms with Gasteiger partial charge >= 0.3 is 6.36 Å². The van der Waals surface area contributed by atoms with E-state index in [4.69, 9.17) is 4.74 Å². The van der Waals surface area contributed by atoms with E-state index >= 15 is 0 Å². The fourth-order valence-electron chi connectivity index (χ4n) is 2.73. The minimum atomic E-state index is -4.86. The average molecular weight is 460 g/mol. The number of alkyl halides is 3. The molecule has 2 rings (SSSR count).